The Morgan fingerprint density at radius 1 is 0.971 bits per heavy atom. The number of para-hydroxylation sites is 1. The van der Waals surface area contributed by atoms with E-state index >= 15 is 0 Å². The van der Waals surface area contributed by atoms with E-state index in [2.05, 4.69) is 32.5 Å². The SMILES string of the molecule is CCc1ccccc1Nc1nc(N)nc(CN2C(=O)N[C@@](C)(c3ccc4ccccc4c3)C2=O)n1. The summed E-state index contributed by atoms with van der Waals surface area (Å²) >= 11 is 0. The number of carbonyl (C=O) groups excluding carboxylic acids is 2. The average molecular weight is 468 g/mol. The molecule has 0 saturated carbocycles. The minimum absolute atomic E-state index is 0.00387. The Morgan fingerprint density at radius 3 is 2.51 bits per heavy atom. The Morgan fingerprint density at radius 2 is 1.71 bits per heavy atom. The molecule has 9 nitrogen and oxygen atoms in total. The lowest BCUT2D eigenvalue weighted by Gasteiger charge is -2.22. The molecule has 35 heavy (non-hydrogen) atoms. The number of imide groups is 1. The first-order valence-corrected chi connectivity index (χ1v) is 11.4. The van der Waals surface area contributed by atoms with Crippen molar-refractivity contribution < 1.29 is 9.59 Å². The third kappa shape index (κ3) is 4.12. The Labute approximate surface area is 202 Å². The van der Waals surface area contributed by atoms with E-state index in [1.165, 1.54) is 0 Å². The molecule has 4 N–H and O–H groups in total. The maximum absolute atomic E-state index is 13.4. The van der Waals surface area contributed by atoms with Gasteiger partial charge >= 0.3 is 6.03 Å². The zero-order valence-electron chi connectivity index (χ0n) is 19.4. The summed E-state index contributed by atoms with van der Waals surface area (Å²) in [5.41, 5.74) is 7.35. The van der Waals surface area contributed by atoms with Crippen molar-refractivity contribution in [2.24, 2.45) is 0 Å². The first-order chi connectivity index (χ1) is 16.9. The molecule has 3 amide bonds. The van der Waals surface area contributed by atoms with Gasteiger partial charge in [-0.25, -0.2) is 4.79 Å². The van der Waals surface area contributed by atoms with Crippen molar-refractivity contribution in [3.63, 3.8) is 0 Å². The van der Waals surface area contributed by atoms with E-state index in [9.17, 15) is 9.59 Å². The van der Waals surface area contributed by atoms with E-state index in [1.807, 2.05) is 66.7 Å². The molecule has 2 heterocycles. The number of nitrogens with zero attached hydrogens (tertiary/aromatic N) is 4. The van der Waals surface area contributed by atoms with E-state index in [0.717, 1.165) is 33.3 Å². The molecular weight excluding hydrogens is 442 g/mol. The molecule has 9 heteroatoms. The molecule has 0 bridgehead atoms. The van der Waals surface area contributed by atoms with E-state index in [0.29, 0.717) is 5.56 Å². The van der Waals surface area contributed by atoms with Crippen LogP contribution in [0.5, 0.6) is 0 Å². The fourth-order valence-electron chi connectivity index (χ4n) is 4.31. The smallest absolute Gasteiger partial charge is 0.325 e. The number of fused-ring (bicyclic) bond motifs is 1. The number of hydrogen-bond acceptors (Lipinski definition) is 7. The Bertz CT molecular complexity index is 1450. The van der Waals surface area contributed by atoms with Gasteiger partial charge in [-0.1, -0.05) is 61.5 Å². The number of urea groups is 1. The summed E-state index contributed by atoms with van der Waals surface area (Å²) in [4.78, 5) is 40.1. The van der Waals surface area contributed by atoms with Crippen molar-refractivity contribution in [3.05, 3.63) is 83.7 Å². The highest BCUT2D eigenvalue weighted by Gasteiger charge is 2.49. The molecule has 1 atom stereocenters. The van der Waals surface area contributed by atoms with Gasteiger partial charge in [0.15, 0.2) is 5.82 Å². The Hall–Kier alpha value is -4.53. The molecule has 3 aromatic carbocycles. The van der Waals surface area contributed by atoms with E-state index < -0.39 is 11.6 Å². The van der Waals surface area contributed by atoms with Crippen molar-refractivity contribution in [1.29, 1.82) is 0 Å². The van der Waals surface area contributed by atoms with Gasteiger partial charge in [-0.05, 0) is 47.4 Å². The predicted molar refractivity (Wildman–Crippen MR) is 134 cm³/mol. The number of carbonyl (C=O) groups is 2. The van der Waals surface area contributed by atoms with Crippen molar-refractivity contribution >= 4 is 40.3 Å². The van der Waals surface area contributed by atoms with Gasteiger partial charge in [0.2, 0.25) is 11.9 Å². The monoisotopic (exact) mass is 467 g/mol. The fourth-order valence-corrected chi connectivity index (χ4v) is 4.31. The molecule has 1 aliphatic rings. The summed E-state index contributed by atoms with van der Waals surface area (Å²) in [5.74, 6) is 0.0661. The molecule has 1 saturated heterocycles. The third-order valence-electron chi connectivity index (χ3n) is 6.25. The number of nitrogen functional groups attached to an aromatic ring is 1. The molecule has 0 spiro atoms. The minimum atomic E-state index is -1.21. The Balaban J connectivity index is 1.41. The number of amides is 3. The number of rotatable bonds is 6. The van der Waals surface area contributed by atoms with Gasteiger partial charge in [0.1, 0.15) is 5.54 Å². The molecule has 4 aromatic rings. The van der Waals surface area contributed by atoms with Crippen LogP contribution in [0.1, 0.15) is 30.8 Å². The van der Waals surface area contributed by atoms with Crippen LogP contribution in [-0.2, 0) is 23.3 Å². The van der Waals surface area contributed by atoms with Crippen molar-refractivity contribution in [2.45, 2.75) is 32.4 Å². The van der Waals surface area contributed by atoms with Crippen LogP contribution in [0.3, 0.4) is 0 Å². The maximum atomic E-state index is 13.4. The molecule has 5 rings (SSSR count). The van der Waals surface area contributed by atoms with Crippen molar-refractivity contribution in [2.75, 3.05) is 11.1 Å². The van der Waals surface area contributed by atoms with Crippen LogP contribution in [-0.4, -0.2) is 31.8 Å². The van der Waals surface area contributed by atoms with Crippen LogP contribution < -0.4 is 16.4 Å². The summed E-state index contributed by atoms with van der Waals surface area (Å²) < 4.78 is 0. The molecule has 0 radical (unpaired) electrons. The van der Waals surface area contributed by atoms with Crippen LogP contribution in [0.4, 0.5) is 22.4 Å². The van der Waals surface area contributed by atoms with Crippen LogP contribution >= 0.6 is 0 Å². The lowest BCUT2D eigenvalue weighted by Crippen LogP contribution is -2.40. The first-order valence-electron chi connectivity index (χ1n) is 11.4. The molecule has 1 aromatic heterocycles. The van der Waals surface area contributed by atoms with Gasteiger partial charge in [0.25, 0.3) is 5.91 Å². The van der Waals surface area contributed by atoms with Gasteiger partial charge in [-0.3, -0.25) is 9.69 Å². The van der Waals surface area contributed by atoms with Crippen LogP contribution in [0.2, 0.25) is 0 Å². The standard InChI is InChI=1S/C26H25N7O2/c1-3-16-8-6-7-11-20(16)28-24-30-21(29-23(27)31-24)15-33-22(34)26(2,32-25(33)35)19-13-12-17-9-4-5-10-18(17)14-19/h4-14H,3,15H2,1-2H3,(H,32,35)(H3,27,28,29,30,31)/t26-/m0/s1. The lowest BCUT2D eigenvalue weighted by molar-refractivity contribution is -0.131. The molecular formula is C26H25N7O2. The summed E-state index contributed by atoms with van der Waals surface area (Å²) in [6.45, 7) is 3.62. The number of nitrogens with two attached hydrogens (primary N) is 1. The minimum Gasteiger partial charge on any atom is -0.368 e. The molecule has 1 fully saturated rings. The summed E-state index contributed by atoms with van der Waals surface area (Å²) in [7, 11) is 0. The quantitative estimate of drug-likeness (QED) is 0.367. The predicted octanol–water partition coefficient (Wildman–Crippen LogP) is 3.88. The Kier molecular flexibility index (Phi) is 5.52. The summed E-state index contributed by atoms with van der Waals surface area (Å²) in [5, 5.41) is 8.04. The van der Waals surface area contributed by atoms with Crippen LogP contribution in [0, 0.1) is 0 Å². The third-order valence-corrected chi connectivity index (χ3v) is 6.25. The van der Waals surface area contributed by atoms with Gasteiger partial charge in [0, 0.05) is 5.69 Å². The second-order valence-electron chi connectivity index (χ2n) is 8.58. The van der Waals surface area contributed by atoms with Crippen molar-refractivity contribution in [3.8, 4) is 0 Å². The number of benzene rings is 3. The maximum Gasteiger partial charge on any atom is 0.325 e. The fraction of sp³-hybridized carbons (Fsp3) is 0.192. The molecule has 0 aliphatic carbocycles. The van der Waals surface area contributed by atoms with Gasteiger partial charge in [0.05, 0.1) is 6.54 Å². The molecule has 176 valence electrons. The summed E-state index contributed by atoms with van der Waals surface area (Å²) in [6, 6.07) is 20.9. The zero-order chi connectivity index (χ0) is 24.6. The highest BCUT2D eigenvalue weighted by Crippen LogP contribution is 2.31. The van der Waals surface area contributed by atoms with E-state index in [1.54, 1.807) is 6.92 Å². The normalized spacial score (nSPS) is 17.6. The second kappa shape index (κ2) is 8.68. The average Bonchev–Trinajstić information content (AvgIpc) is 3.07. The highest BCUT2D eigenvalue weighted by atomic mass is 16.2. The van der Waals surface area contributed by atoms with Gasteiger partial charge in [-0.2, -0.15) is 15.0 Å². The van der Waals surface area contributed by atoms with Gasteiger partial charge in [-0.15, -0.1) is 0 Å². The number of aryl methyl sites for hydroxylation is 1. The van der Waals surface area contributed by atoms with Crippen molar-refractivity contribution in [1.82, 2.24) is 25.2 Å². The van der Waals surface area contributed by atoms with Crippen LogP contribution in [0.25, 0.3) is 10.8 Å². The first kappa shape index (κ1) is 22.3. The largest absolute Gasteiger partial charge is 0.368 e. The zero-order valence-corrected chi connectivity index (χ0v) is 19.4. The highest BCUT2D eigenvalue weighted by molar-refractivity contribution is 6.07. The second-order valence-corrected chi connectivity index (χ2v) is 8.58. The molecule has 0 unspecified atom stereocenters. The van der Waals surface area contributed by atoms with Gasteiger partial charge < -0.3 is 16.4 Å². The lowest BCUT2D eigenvalue weighted by atomic mass is 9.90. The molecule has 1 aliphatic heterocycles. The van der Waals surface area contributed by atoms with E-state index in [-0.39, 0.29) is 30.2 Å². The summed E-state index contributed by atoms with van der Waals surface area (Å²) in [6.07, 6.45) is 0.826. The number of hydrogen-bond donors (Lipinski definition) is 3. The number of aromatic nitrogens is 3. The topological polar surface area (TPSA) is 126 Å². The van der Waals surface area contributed by atoms with Crippen LogP contribution in [0.15, 0.2) is 66.7 Å². The number of anilines is 3. The number of nitrogens with one attached hydrogen (secondary N) is 2. The van der Waals surface area contributed by atoms with E-state index in [4.69, 9.17) is 5.73 Å².